The Balaban J connectivity index is 1.80. The van der Waals surface area contributed by atoms with E-state index < -0.39 is 9.84 Å². The summed E-state index contributed by atoms with van der Waals surface area (Å²) < 4.78 is 23.2. The summed E-state index contributed by atoms with van der Waals surface area (Å²) in [5.41, 5.74) is 2.98. The van der Waals surface area contributed by atoms with Gasteiger partial charge in [-0.05, 0) is 55.4 Å². The van der Waals surface area contributed by atoms with E-state index in [4.69, 9.17) is 0 Å². The Morgan fingerprint density at radius 2 is 1.92 bits per heavy atom. The van der Waals surface area contributed by atoms with Gasteiger partial charge in [-0.1, -0.05) is 19.1 Å². The molecule has 1 aliphatic rings. The SMILES string of the molecule is CC1CCc2c(C(=O)N(C)C(C)c3ccc(S(C)(=O)=O)cc3)csc2C1. The summed E-state index contributed by atoms with van der Waals surface area (Å²) in [5, 5.41) is 2.00. The van der Waals surface area contributed by atoms with Gasteiger partial charge in [0.1, 0.15) is 0 Å². The van der Waals surface area contributed by atoms with Gasteiger partial charge in [-0.2, -0.15) is 0 Å². The molecule has 0 radical (unpaired) electrons. The maximum atomic E-state index is 13.0. The van der Waals surface area contributed by atoms with Crippen molar-refractivity contribution in [1.29, 1.82) is 0 Å². The lowest BCUT2D eigenvalue weighted by molar-refractivity contribution is 0.0741. The Morgan fingerprint density at radius 3 is 2.54 bits per heavy atom. The highest BCUT2D eigenvalue weighted by Gasteiger charge is 2.27. The van der Waals surface area contributed by atoms with E-state index >= 15 is 0 Å². The van der Waals surface area contributed by atoms with Crippen LogP contribution < -0.4 is 0 Å². The highest BCUT2D eigenvalue weighted by Crippen LogP contribution is 2.34. The summed E-state index contributed by atoms with van der Waals surface area (Å²) in [7, 11) is -1.40. The first-order valence-corrected chi connectivity index (χ1v) is 11.6. The van der Waals surface area contributed by atoms with E-state index in [0.717, 1.165) is 30.4 Å². The molecule has 0 saturated heterocycles. The molecule has 0 spiro atoms. The van der Waals surface area contributed by atoms with Gasteiger partial charge in [0.05, 0.1) is 16.5 Å². The number of rotatable bonds is 4. The Kier molecular flexibility index (Phi) is 5.26. The lowest BCUT2D eigenvalue weighted by Gasteiger charge is -2.26. The van der Waals surface area contributed by atoms with Gasteiger partial charge >= 0.3 is 0 Å². The fourth-order valence-electron chi connectivity index (χ4n) is 3.44. The first-order chi connectivity index (χ1) is 12.2. The Labute approximate surface area is 159 Å². The predicted molar refractivity (Wildman–Crippen MR) is 106 cm³/mol. The highest BCUT2D eigenvalue weighted by atomic mass is 32.2. The van der Waals surface area contributed by atoms with Crippen molar-refractivity contribution >= 4 is 27.1 Å². The molecule has 1 aromatic heterocycles. The summed E-state index contributed by atoms with van der Waals surface area (Å²) in [6, 6.07) is 6.65. The normalized spacial score (nSPS) is 18.2. The minimum Gasteiger partial charge on any atom is -0.335 e. The summed E-state index contributed by atoms with van der Waals surface area (Å²) >= 11 is 1.70. The maximum Gasteiger partial charge on any atom is 0.255 e. The van der Waals surface area contributed by atoms with Crippen molar-refractivity contribution in [2.45, 2.75) is 44.0 Å². The fraction of sp³-hybridized carbons (Fsp3) is 0.450. The molecule has 2 unspecified atom stereocenters. The monoisotopic (exact) mass is 391 g/mol. The van der Waals surface area contributed by atoms with E-state index in [1.54, 1.807) is 40.5 Å². The Hall–Kier alpha value is -1.66. The number of carbonyl (C=O) groups is 1. The number of sulfone groups is 1. The van der Waals surface area contributed by atoms with Gasteiger partial charge < -0.3 is 4.90 Å². The molecule has 1 aromatic carbocycles. The molecule has 2 atom stereocenters. The zero-order valence-electron chi connectivity index (χ0n) is 15.7. The van der Waals surface area contributed by atoms with Gasteiger partial charge in [-0.25, -0.2) is 8.42 Å². The van der Waals surface area contributed by atoms with E-state index in [0.29, 0.717) is 10.8 Å². The number of carbonyl (C=O) groups excluding carboxylic acids is 1. The number of amides is 1. The molecule has 140 valence electrons. The zero-order valence-corrected chi connectivity index (χ0v) is 17.3. The average Bonchev–Trinajstić information content (AvgIpc) is 3.02. The first-order valence-electron chi connectivity index (χ1n) is 8.85. The number of hydrogen-bond donors (Lipinski definition) is 0. The van der Waals surface area contributed by atoms with Gasteiger partial charge in [-0.3, -0.25) is 4.79 Å². The molecule has 26 heavy (non-hydrogen) atoms. The summed E-state index contributed by atoms with van der Waals surface area (Å²) in [5.74, 6) is 0.728. The van der Waals surface area contributed by atoms with Gasteiger partial charge in [0.25, 0.3) is 5.91 Å². The lowest BCUT2D eigenvalue weighted by Crippen LogP contribution is -2.30. The molecule has 0 N–H and O–H groups in total. The van der Waals surface area contributed by atoms with Crippen molar-refractivity contribution in [3.05, 3.63) is 51.2 Å². The molecule has 1 aliphatic carbocycles. The number of nitrogens with zero attached hydrogens (tertiary/aromatic N) is 1. The molecule has 1 amide bonds. The number of hydrogen-bond acceptors (Lipinski definition) is 4. The minimum absolute atomic E-state index is 0.0387. The third kappa shape index (κ3) is 3.71. The van der Waals surface area contributed by atoms with Crippen LogP contribution in [0.2, 0.25) is 0 Å². The molecule has 4 nitrogen and oxygen atoms in total. The summed E-state index contributed by atoms with van der Waals surface area (Å²) in [6.07, 6.45) is 4.38. The van der Waals surface area contributed by atoms with E-state index in [1.165, 1.54) is 16.7 Å². The first kappa shape index (κ1) is 19.1. The molecule has 1 heterocycles. The van der Waals surface area contributed by atoms with Crippen LogP contribution >= 0.6 is 11.3 Å². The number of fused-ring (bicyclic) bond motifs is 1. The standard InChI is InChI=1S/C20H25NO3S2/c1-13-5-10-17-18(12-25-19(17)11-13)20(22)21(3)14(2)15-6-8-16(9-7-15)26(4,23)24/h6-9,12-14H,5,10-11H2,1-4H3. The van der Waals surface area contributed by atoms with E-state index in [-0.39, 0.29) is 11.9 Å². The van der Waals surface area contributed by atoms with Crippen LogP contribution in [-0.4, -0.2) is 32.5 Å². The smallest absolute Gasteiger partial charge is 0.255 e. The number of thiophene rings is 1. The number of benzene rings is 1. The Bertz CT molecular complexity index is 913. The largest absolute Gasteiger partial charge is 0.335 e. The zero-order chi connectivity index (χ0) is 19.1. The van der Waals surface area contributed by atoms with Crippen molar-refractivity contribution in [3.63, 3.8) is 0 Å². The second kappa shape index (κ2) is 7.16. The molecule has 3 rings (SSSR count). The quantitative estimate of drug-likeness (QED) is 0.788. The molecular formula is C20H25NO3S2. The third-order valence-corrected chi connectivity index (χ3v) is 7.50. The summed E-state index contributed by atoms with van der Waals surface area (Å²) in [4.78, 5) is 16.4. The van der Waals surface area contributed by atoms with E-state index in [9.17, 15) is 13.2 Å². The van der Waals surface area contributed by atoms with Crippen LogP contribution in [0.25, 0.3) is 0 Å². The maximum absolute atomic E-state index is 13.0. The second-order valence-corrected chi connectivity index (χ2v) is 10.3. The van der Waals surface area contributed by atoms with Crippen LogP contribution in [0.5, 0.6) is 0 Å². The van der Waals surface area contributed by atoms with Crippen molar-refractivity contribution in [2.75, 3.05) is 13.3 Å². The third-order valence-electron chi connectivity index (χ3n) is 5.32. The second-order valence-electron chi connectivity index (χ2n) is 7.33. The van der Waals surface area contributed by atoms with Crippen LogP contribution in [0.1, 0.15) is 52.7 Å². The molecule has 0 saturated carbocycles. The molecule has 0 bridgehead atoms. The van der Waals surface area contributed by atoms with Crippen molar-refractivity contribution in [2.24, 2.45) is 5.92 Å². The van der Waals surface area contributed by atoms with Crippen LogP contribution in [0.3, 0.4) is 0 Å². The van der Waals surface area contributed by atoms with Gasteiger partial charge in [-0.15, -0.1) is 11.3 Å². The van der Waals surface area contributed by atoms with Crippen LogP contribution in [0.15, 0.2) is 34.5 Å². The predicted octanol–water partition coefficient (Wildman–Crippen LogP) is 4.11. The van der Waals surface area contributed by atoms with Crippen LogP contribution in [-0.2, 0) is 22.7 Å². The highest BCUT2D eigenvalue weighted by molar-refractivity contribution is 7.90. The average molecular weight is 392 g/mol. The molecule has 0 aliphatic heterocycles. The van der Waals surface area contributed by atoms with Crippen molar-refractivity contribution < 1.29 is 13.2 Å². The lowest BCUT2D eigenvalue weighted by atomic mass is 9.88. The Morgan fingerprint density at radius 1 is 1.27 bits per heavy atom. The van der Waals surface area contributed by atoms with Crippen LogP contribution in [0.4, 0.5) is 0 Å². The van der Waals surface area contributed by atoms with E-state index in [2.05, 4.69) is 6.92 Å². The van der Waals surface area contributed by atoms with Crippen LogP contribution in [0, 0.1) is 5.92 Å². The van der Waals surface area contributed by atoms with Gasteiger partial charge in [0.15, 0.2) is 9.84 Å². The van der Waals surface area contributed by atoms with Gasteiger partial charge in [0.2, 0.25) is 0 Å². The fourth-order valence-corrected chi connectivity index (χ4v) is 5.31. The van der Waals surface area contributed by atoms with Crippen molar-refractivity contribution in [1.82, 2.24) is 4.90 Å². The van der Waals surface area contributed by atoms with Crippen molar-refractivity contribution in [3.8, 4) is 0 Å². The minimum atomic E-state index is -3.21. The summed E-state index contributed by atoms with van der Waals surface area (Å²) in [6.45, 7) is 4.23. The molecule has 6 heteroatoms. The van der Waals surface area contributed by atoms with Gasteiger partial charge in [0, 0.05) is 23.6 Å². The molecular weight excluding hydrogens is 366 g/mol. The molecule has 0 fully saturated rings. The molecule has 2 aromatic rings. The topological polar surface area (TPSA) is 54.5 Å². The van der Waals surface area contributed by atoms with E-state index in [1.807, 2.05) is 19.4 Å².